The molecule has 0 N–H and O–H groups in total. The zero-order valence-electron chi connectivity index (χ0n) is 8.68. The Bertz CT molecular complexity index is 506. The number of carbonyl (C=O) groups excluding carboxylic acids is 2. The van der Waals surface area contributed by atoms with Crippen LogP contribution in [-0.4, -0.2) is 21.5 Å². The third-order valence-electron chi connectivity index (χ3n) is 1.86. The standard InChI is InChI=1S/C10H8N2O2S2/c1-5(13)9-11-3-7(15-9)8-4-12-10(16-8)6(2)14/h3-4H,1-2H3. The number of hydrogen-bond acceptors (Lipinski definition) is 6. The molecule has 0 bridgehead atoms. The molecule has 0 atom stereocenters. The van der Waals surface area contributed by atoms with E-state index >= 15 is 0 Å². The molecule has 16 heavy (non-hydrogen) atoms. The van der Waals surface area contributed by atoms with Crippen LogP contribution in [-0.2, 0) is 0 Å². The second kappa shape index (κ2) is 4.23. The lowest BCUT2D eigenvalue weighted by molar-refractivity contribution is 0.100. The number of Topliss-reactive ketones (excluding diaryl/α,β-unsaturated/α-hetero) is 2. The van der Waals surface area contributed by atoms with E-state index in [1.54, 1.807) is 12.4 Å². The molecule has 0 aliphatic carbocycles. The van der Waals surface area contributed by atoms with Crippen molar-refractivity contribution in [2.75, 3.05) is 0 Å². The lowest BCUT2D eigenvalue weighted by atomic mass is 10.4. The molecule has 0 aliphatic rings. The topological polar surface area (TPSA) is 59.9 Å². The molecule has 0 aromatic carbocycles. The minimum absolute atomic E-state index is 0.0486. The van der Waals surface area contributed by atoms with Crippen LogP contribution in [0.15, 0.2) is 12.4 Å². The summed E-state index contributed by atoms with van der Waals surface area (Å²) in [5, 5.41) is 0.959. The number of rotatable bonds is 3. The van der Waals surface area contributed by atoms with Crippen molar-refractivity contribution in [3.8, 4) is 9.75 Å². The second-order valence-electron chi connectivity index (χ2n) is 3.17. The van der Waals surface area contributed by atoms with Gasteiger partial charge in [-0.3, -0.25) is 9.59 Å². The lowest BCUT2D eigenvalue weighted by Crippen LogP contribution is -1.87. The fraction of sp³-hybridized carbons (Fsp3) is 0.200. The van der Waals surface area contributed by atoms with Gasteiger partial charge < -0.3 is 0 Å². The first-order chi connectivity index (χ1) is 7.58. The zero-order valence-corrected chi connectivity index (χ0v) is 10.3. The highest BCUT2D eigenvalue weighted by atomic mass is 32.1. The molecular weight excluding hydrogens is 244 g/mol. The quantitative estimate of drug-likeness (QED) is 0.788. The van der Waals surface area contributed by atoms with E-state index in [0.717, 1.165) is 9.75 Å². The van der Waals surface area contributed by atoms with Gasteiger partial charge in [-0.1, -0.05) is 0 Å². The van der Waals surface area contributed by atoms with Crippen LogP contribution in [0, 0.1) is 0 Å². The van der Waals surface area contributed by atoms with E-state index in [9.17, 15) is 9.59 Å². The number of aromatic nitrogens is 2. The highest BCUT2D eigenvalue weighted by molar-refractivity contribution is 7.23. The Balaban J connectivity index is 2.35. The Kier molecular flexibility index (Phi) is 2.93. The maximum absolute atomic E-state index is 11.1. The number of hydrogen-bond donors (Lipinski definition) is 0. The average molecular weight is 252 g/mol. The third kappa shape index (κ3) is 2.07. The average Bonchev–Trinajstić information content (AvgIpc) is 2.86. The lowest BCUT2D eigenvalue weighted by Gasteiger charge is -1.85. The summed E-state index contributed by atoms with van der Waals surface area (Å²) in [7, 11) is 0. The van der Waals surface area contributed by atoms with E-state index in [1.807, 2.05) is 0 Å². The highest BCUT2D eigenvalue weighted by Gasteiger charge is 2.12. The Labute approximate surface area is 100.0 Å². The van der Waals surface area contributed by atoms with Gasteiger partial charge in [0.15, 0.2) is 21.6 Å². The number of carbonyl (C=O) groups is 2. The van der Waals surface area contributed by atoms with Gasteiger partial charge in [0.1, 0.15) is 0 Å². The van der Waals surface area contributed by atoms with Crippen molar-refractivity contribution < 1.29 is 9.59 Å². The Morgan fingerprint density at radius 1 is 0.938 bits per heavy atom. The van der Waals surface area contributed by atoms with Crippen LogP contribution < -0.4 is 0 Å². The first-order valence-electron chi connectivity index (χ1n) is 4.52. The molecule has 0 amide bonds. The molecule has 0 radical (unpaired) electrons. The van der Waals surface area contributed by atoms with Crippen LogP contribution in [0.25, 0.3) is 9.75 Å². The number of thiazole rings is 2. The fourth-order valence-corrected chi connectivity index (χ4v) is 2.78. The van der Waals surface area contributed by atoms with Crippen LogP contribution in [0.4, 0.5) is 0 Å². The minimum atomic E-state index is -0.0486. The summed E-state index contributed by atoms with van der Waals surface area (Å²) in [6.45, 7) is 2.96. The molecule has 2 aromatic rings. The van der Waals surface area contributed by atoms with Gasteiger partial charge in [-0.2, -0.15) is 0 Å². The first-order valence-corrected chi connectivity index (χ1v) is 6.15. The minimum Gasteiger partial charge on any atom is -0.292 e. The van der Waals surface area contributed by atoms with Gasteiger partial charge in [-0.15, -0.1) is 22.7 Å². The Hall–Kier alpha value is -1.40. The molecule has 2 heterocycles. The van der Waals surface area contributed by atoms with Gasteiger partial charge in [0.25, 0.3) is 0 Å². The summed E-state index contributed by atoms with van der Waals surface area (Å²) < 4.78 is 0. The van der Waals surface area contributed by atoms with Gasteiger partial charge >= 0.3 is 0 Å². The molecule has 82 valence electrons. The van der Waals surface area contributed by atoms with Crippen molar-refractivity contribution in [3.63, 3.8) is 0 Å². The van der Waals surface area contributed by atoms with Gasteiger partial charge in [0.05, 0.1) is 9.75 Å². The molecule has 0 aliphatic heterocycles. The highest BCUT2D eigenvalue weighted by Crippen LogP contribution is 2.31. The molecule has 0 saturated heterocycles. The predicted molar refractivity (Wildman–Crippen MR) is 63.2 cm³/mol. The van der Waals surface area contributed by atoms with E-state index in [2.05, 4.69) is 9.97 Å². The number of nitrogens with zero attached hydrogens (tertiary/aromatic N) is 2. The van der Waals surface area contributed by atoms with Gasteiger partial charge in [0, 0.05) is 26.2 Å². The summed E-state index contributed by atoms with van der Waals surface area (Å²) in [5.74, 6) is -0.0971. The zero-order chi connectivity index (χ0) is 11.7. The van der Waals surface area contributed by atoms with Crippen molar-refractivity contribution in [3.05, 3.63) is 22.4 Å². The molecule has 0 spiro atoms. The third-order valence-corrected chi connectivity index (χ3v) is 4.25. The summed E-state index contributed by atoms with van der Waals surface area (Å²) >= 11 is 2.64. The van der Waals surface area contributed by atoms with E-state index in [-0.39, 0.29) is 11.6 Å². The van der Waals surface area contributed by atoms with Gasteiger partial charge in [-0.25, -0.2) is 9.97 Å². The molecule has 2 rings (SSSR count). The smallest absolute Gasteiger partial charge is 0.188 e. The van der Waals surface area contributed by atoms with Crippen molar-refractivity contribution in [2.45, 2.75) is 13.8 Å². The van der Waals surface area contributed by atoms with Crippen molar-refractivity contribution in [2.24, 2.45) is 0 Å². The van der Waals surface area contributed by atoms with Crippen LogP contribution >= 0.6 is 22.7 Å². The van der Waals surface area contributed by atoms with Crippen LogP contribution in [0.1, 0.15) is 33.5 Å². The molecule has 2 aromatic heterocycles. The van der Waals surface area contributed by atoms with E-state index in [4.69, 9.17) is 0 Å². The largest absolute Gasteiger partial charge is 0.292 e. The molecule has 6 heteroatoms. The summed E-state index contributed by atoms with van der Waals surface area (Å²) in [6.07, 6.45) is 3.28. The van der Waals surface area contributed by atoms with Gasteiger partial charge in [0.2, 0.25) is 0 Å². The monoisotopic (exact) mass is 252 g/mol. The Morgan fingerprint density at radius 2 is 1.31 bits per heavy atom. The summed E-state index contributed by atoms with van der Waals surface area (Å²) in [6, 6.07) is 0. The van der Waals surface area contributed by atoms with Crippen LogP contribution in [0.3, 0.4) is 0 Å². The maximum Gasteiger partial charge on any atom is 0.188 e. The number of ketones is 2. The molecule has 0 fully saturated rings. The summed E-state index contributed by atoms with van der Waals surface area (Å²) in [5.41, 5.74) is 0. The first kappa shape index (κ1) is 11.1. The summed E-state index contributed by atoms with van der Waals surface area (Å²) in [4.78, 5) is 31.9. The SMILES string of the molecule is CC(=O)c1ncc(-c2cnc(C(C)=O)s2)s1. The van der Waals surface area contributed by atoms with E-state index < -0.39 is 0 Å². The van der Waals surface area contributed by atoms with E-state index in [1.165, 1.54) is 36.5 Å². The normalized spacial score (nSPS) is 10.4. The van der Waals surface area contributed by atoms with Crippen molar-refractivity contribution in [1.29, 1.82) is 0 Å². The molecule has 4 nitrogen and oxygen atoms in total. The Morgan fingerprint density at radius 3 is 1.56 bits per heavy atom. The van der Waals surface area contributed by atoms with Gasteiger partial charge in [-0.05, 0) is 0 Å². The second-order valence-corrected chi connectivity index (χ2v) is 5.23. The molecule has 0 saturated carbocycles. The van der Waals surface area contributed by atoms with Crippen LogP contribution in [0.2, 0.25) is 0 Å². The van der Waals surface area contributed by atoms with Crippen molar-refractivity contribution >= 4 is 34.2 Å². The van der Waals surface area contributed by atoms with E-state index in [0.29, 0.717) is 10.0 Å². The van der Waals surface area contributed by atoms with Crippen LogP contribution in [0.5, 0.6) is 0 Å². The maximum atomic E-state index is 11.1. The van der Waals surface area contributed by atoms with Crippen molar-refractivity contribution in [1.82, 2.24) is 9.97 Å². The molecular formula is C10H8N2O2S2. The molecule has 0 unspecified atom stereocenters. The predicted octanol–water partition coefficient (Wildman–Crippen LogP) is 2.67. The fourth-order valence-electron chi connectivity index (χ4n) is 1.10.